The molecule has 0 bridgehead atoms. The molecule has 1 aliphatic heterocycles. The Labute approximate surface area is 125 Å². The summed E-state index contributed by atoms with van der Waals surface area (Å²) in [6.07, 6.45) is 5.92. The van der Waals surface area contributed by atoms with Crippen molar-refractivity contribution >= 4 is 0 Å². The first kappa shape index (κ1) is 17.9. The summed E-state index contributed by atoms with van der Waals surface area (Å²) in [6, 6.07) is 0.764. The third kappa shape index (κ3) is 6.08. The lowest BCUT2D eigenvalue weighted by molar-refractivity contribution is 0.129. The SMILES string of the molecule is CCCNC(C)(CO)CCCN1CCC(N(C)C)CC1. The van der Waals surface area contributed by atoms with Gasteiger partial charge in [0.25, 0.3) is 0 Å². The van der Waals surface area contributed by atoms with E-state index in [1.54, 1.807) is 0 Å². The van der Waals surface area contributed by atoms with Gasteiger partial charge in [0.2, 0.25) is 0 Å². The first-order chi connectivity index (χ1) is 9.50. The van der Waals surface area contributed by atoms with Crippen LogP contribution in [0, 0.1) is 0 Å². The first-order valence-corrected chi connectivity index (χ1v) is 8.25. The topological polar surface area (TPSA) is 38.7 Å². The van der Waals surface area contributed by atoms with Gasteiger partial charge >= 0.3 is 0 Å². The Hall–Kier alpha value is -0.160. The number of hydrogen-bond acceptors (Lipinski definition) is 4. The van der Waals surface area contributed by atoms with Gasteiger partial charge in [-0.3, -0.25) is 0 Å². The number of rotatable bonds is 9. The predicted octanol–water partition coefficient (Wildman–Crippen LogP) is 1.54. The summed E-state index contributed by atoms with van der Waals surface area (Å²) in [4.78, 5) is 4.94. The fraction of sp³-hybridized carbons (Fsp3) is 1.00. The maximum atomic E-state index is 9.56. The maximum Gasteiger partial charge on any atom is 0.0610 e. The van der Waals surface area contributed by atoms with E-state index in [0.717, 1.165) is 25.4 Å². The molecule has 4 nitrogen and oxygen atoms in total. The van der Waals surface area contributed by atoms with Gasteiger partial charge in [-0.25, -0.2) is 0 Å². The van der Waals surface area contributed by atoms with Gasteiger partial charge in [-0.2, -0.15) is 0 Å². The summed E-state index contributed by atoms with van der Waals surface area (Å²) in [5.74, 6) is 0. The molecule has 0 amide bonds. The van der Waals surface area contributed by atoms with Gasteiger partial charge in [0.05, 0.1) is 6.61 Å². The average Bonchev–Trinajstić information content (AvgIpc) is 2.45. The fourth-order valence-electron chi connectivity index (χ4n) is 3.00. The van der Waals surface area contributed by atoms with Crippen LogP contribution in [0.3, 0.4) is 0 Å². The molecule has 0 aromatic carbocycles. The number of nitrogens with one attached hydrogen (secondary N) is 1. The summed E-state index contributed by atoms with van der Waals surface area (Å²) in [5.41, 5.74) is -0.0992. The van der Waals surface area contributed by atoms with Crippen molar-refractivity contribution in [1.82, 2.24) is 15.1 Å². The third-order valence-corrected chi connectivity index (χ3v) is 4.64. The maximum absolute atomic E-state index is 9.56. The van der Waals surface area contributed by atoms with Gasteiger partial charge < -0.3 is 20.2 Å². The van der Waals surface area contributed by atoms with E-state index in [-0.39, 0.29) is 12.1 Å². The van der Waals surface area contributed by atoms with E-state index in [4.69, 9.17) is 0 Å². The predicted molar refractivity (Wildman–Crippen MR) is 86.2 cm³/mol. The molecule has 1 fully saturated rings. The second-order valence-electron chi connectivity index (χ2n) is 6.79. The lowest BCUT2D eigenvalue weighted by Gasteiger charge is -2.36. The smallest absolute Gasteiger partial charge is 0.0610 e. The van der Waals surface area contributed by atoms with Crippen LogP contribution < -0.4 is 5.32 Å². The van der Waals surface area contributed by atoms with Gasteiger partial charge in [-0.15, -0.1) is 0 Å². The molecule has 1 rings (SSSR count). The molecule has 20 heavy (non-hydrogen) atoms. The highest BCUT2D eigenvalue weighted by atomic mass is 16.3. The van der Waals surface area contributed by atoms with Gasteiger partial charge in [-0.1, -0.05) is 6.92 Å². The quantitative estimate of drug-likeness (QED) is 0.674. The van der Waals surface area contributed by atoms with E-state index in [0.29, 0.717) is 0 Å². The standard InChI is InChI=1S/C16H35N3O/c1-5-10-17-16(2,14-20)9-6-11-19-12-7-15(8-13-19)18(3)4/h15,17,20H,5-14H2,1-4H3. The van der Waals surface area contributed by atoms with Crippen molar-refractivity contribution in [3.63, 3.8) is 0 Å². The molecule has 1 aliphatic rings. The molecule has 0 spiro atoms. The highest BCUT2D eigenvalue weighted by Crippen LogP contribution is 2.17. The lowest BCUT2D eigenvalue weighted by atomic mass is 9.96. The molecule has 0 radical (unpaired) electrons. The van der Waals surface area contributed by atoms with E-state index in [1.807, 2.05) is 0 Å². The van der Waals surface area contributed by atoms with Crippen LogP contribution in [0.1, 0.15) is 46.0 Å². The van der Waals surface area contributed by atoms with Crippen LogP contribution in [0.4, 0.5) is 0 Å². The summed E-state index contributed by atoms with van der Waals surface area (Å²) in [6.45, 7) is 9.15. The Kier molecular flexibility index (Phi) is 8.03. The Morgan fingerprint density at radius 2 is 1.95 bits per heavy atom. The molecule has 0 aromatic rings. The van der Waals surface area contributed by atoms with Crippen LogP contribution in [0.25, 0.3) is 0 Å². The molecule has 0 saturated carbocycles. The van der Waals surface area contributed by atoms with Crippen LogP contribution in [0.2, 0.25) is 0 Å². The van der Waals surface area contributed by atoms with Crippen molar-refractivity contribution in [1.29, 1.82) is 0 Å². The molecule has 120 valence electrons. The zero-order valence-electron chi connectivity index (χ0n) is 14.0. The number of hydrogen-bond donors (Lipinski definition) is 2. The Morgan fingerprint density at radius 1 is 1.30 bits per heavy atom. The highest BCUT2D eigenvalue weighted by Gasteiger charge is 2.23. The van der Waals surface area contributed by atoms with Crippen molar-refractivity contribution < 1.29 is 5.11 Å². The minimum atomic E-state index is -0.0992. The van der Waals surface area contributed by atoms with Gasteiger partial charge in [0.1, 0.15) is 0 Å². The summed E-state index contributed by atoms with van der Waals surface area (Å²) in [5, 5.41) is 13.0. The summed E-state index contributed by atoms with van der Waals surface area (Å²) < 4.78 is 0. The normalized spacial score (nSPS) is 21.3. The second kappa shape index (κ2) is 8.98. The average molecular weight is 285 g/mol. The number of piperidine rings is 1. The van der Waals surface area contributed by atoms with Crippen molar-refractivity contribution in [2.45, 2.75) is 57.5 Å². The number of likely N-dealkylation sites (tertiary alicyclic amines) is 1. The van der Waals surface area contributed by atoms with Crippen molar-refractivity contribution in [2.75, 3.05) is 46.9 Å². The van der Waals surface area contributed by atoms with E-state index in [1.165, 1.54) is 38.9 Å². The van der Waals surface area contributed by atoms with Crippen molar-refractivity contribution in [3.05, 3.63) is 0 Å². The highest BCUT2D eigenvalue weighted by molar-refractivity contribution is 4.83. The third-order valence-electron chi connectivity index (χ3n) is 4.64. The van der Waals surface area contributed by atoms with E-state index in [2.05, 4.69) is 43.1 Å². The second-order valence-corrected chi connectivity index (χ2v) is 6.79. The van der Waals surface area contributed by atoms with E-state index in [9.17, 15) is 5.11 Å². The molecule has 2 N–H and O–H groups in total. The van der Waals surface area contributed by atoms with Gasteiger partial charge in [-0.05, 0) is 79.3 Å². The van der Waals surface area contributed by atoms with E-state index < -0.39 is 0 Å². The molecule has 4 heteroatoms. The number of aliphatic hydroxyl groups is 1. The molecule has 1 heterocycles. The van der Waals surface area contributed by atoms with Crippen molar-refractivity contribution in [2.24, 2.45) is 0 Å². The van der Waals surface area contributed by atoms with Crippen molar-refractivity contribution in [3.8, 4) is 0 Å². The molecule has 0 aliphatic carbocycles. The summed E-state index contributed by atoms with van der Waals surface area (Å²) in [7, 11) is 4.37. The largest absolute Gasteiger partial charge is 0.394 e. The minimum Gasteiger partial charge on any atom is -0.394 e. The van der Waals surface area contributed by atoms with E-state index >= 15 is 0 Å². The number of nitrogens with zero attached hydrogens (tertiary/aromatic N) is 2. The monoisotopic (exact) mass is 285 g/mol. The summed E-state index contributed by atoms with van der Waals surface area (Å²) >= 11 is 0. The molecule has 1 atom stereocenters. The van der Waals surface area contributed by atoms with Crippen LogP contribution in [0.15, 0.2) is 0 Å². The van der Waals surface area contributed by atoms with Crippen LogP contribution in [-0.2, 0) is 0 Å². The Bertz CT molecular complexity index is 252. The molecule has 1 unspecified atom stereocenters. The molecular formula is C16H35N3O. The molecule has 0 aromatic heterocycles. The molecular weight excluding hydrogens is 250 g/mol. The Balaban J connectivity index is 2.20. The minimum absolute atomic E-state index is 0.0992. The number of aliphatic hydroxyl groups excluding tert-OH is 1. The zero-order chi connectivity index (χ0) is 15.0. The first-order valence-electron chi connectivity index (χ1n) is 8.25. The lowest BCUT2D eigenvalue weighted by Crippen LogP contribution is -2.47. The Morgan fingerprint density at radius 3 is 2.45 bits per heavy atom. The van der Waals surface area contributed by atoms with Crippen LogP contribution in [0.5, 0.6) is 0 Å². The van der Waals surface area contributed by atoms with Crippen LogP contribution in [-0.4, -0.2) is 73.4 Å². The zero-order valence-corrected chi connectivity index (χ0v) is 14.0. The molecule has 1 saturated heterocycles. The van der Waals surface area contributed by atoms with Gasteiger partial charge in [0.15, 0.2) is 0 Å². The fourth-order valence-corrected chi connectivity index (χ4v) is 3.00. The van der Waals surface area contributed by atoms with Crippen LogP contribution >= 0.6 is 0 Å². The van der Waals surface area contributed by atoms with Gasteiger partial charge in [0, 0.05) is 11.6 Å².